The smallest absolute Gasteiger partial charge is 0.169 e. The second-order valence-electron chi connectivity index (χ2n) is 4.12. The molecular formula is C11H18N2O. The minimum atomic E-state index is 0.611. The van der Waals surface area contributed by atoms with Gasteiger partial charge in [0.2, 0.25) is 0 Å². The molecule has 1 saturated carbocycles. The minimum absolute atomic E-state index is 0.611. The number of unbranched alkanes of at least 4 members (excludes halogenated alkanes) is 1. The van der Waals surface area contributed by atoms with E-state index < -0.39 is 0 Å². The van der Waals surface area contributed by atoms with Gasteiger partial charge in [0.1, 0.15) is 6.26 Å². The molecule has 0 radical (unpaired) electrons. The van der Waals surface area contributed by atoms with Crippen molar-refractivity contribution in [2.45, 2.75) is 45.1 Å². The molecule has 0 saturated heterocycles. The third-order valence-electron chi connectivity index (χ3n) is 2.83. The predicted molar refractivity (Wildman–Crippen MR) is 56.2 cm³/mol. The maximum Gasteiger partial charge on any atom is 0.169 e. The van der Waals surface area contributed by atoms with Gasteiger partial charge >= 0.3 is 0 Å². The Morgan fingerprint density at radius 2 is 2.50 bits per heavy atom. The molecule has 0 aromatic carbocycles. The van der Waals surface area contributed by atoms with E-state index in [1.807, 2.05) is 6.07 Å². The van der Waals surface area contributed by atoms with Gasteiger partial charge < -0.3 is 9.84 Å². The van der Waals surface area contributed by atoms with E-state index >= 15 is 0 Å². The fourth-order valence-corrected chi connectivity index (χ4v) is 1.83. The molecule has 78 valence electrons. The van der Waals surface area contributed by atoms with Crippen molar-refractivity contribution in [2.24, 2.45) is 5.92 Å². The van der Waals surface area contributed by atoms with Crippen molar-refractivity contribution in [3.8, 4) is 0 Å². The third-order valence-corrected chi connectivity index (χ3v) is 2.83. The van der Waals surface area contributed by atoms with Gasteiger partial charge in [-0.2, -0.15) is 0 Å². The molecule has 1 unspecified atom stereocenters. The van der Waals surface area contributed by atoms with Crippen LogP contribution in [0.25, 0.3) is 0 Å². The molecule has 1 N–H and O–H groups in total. The summed E-state index contributed by atoms with van der Waals surface area (Å²) in [5.41, 5.74) is 0. The van der Waals surface area contributed by atoms with E-state index in [0.717, 1.165) is 11.7 Å². The molecule has 2 rings (SSSR count). The van der Waals surface area contributed by atoms with Gasteiger partial charge in [0.25, 0.3) is 0 Å². The molecule has 1 aromatic rings. The van der Waals surface area contributed by atoms with Crippen LogP contribution in [0.3, 0.4) is 0 Å². The molecule has 1 fully saturated rings. The summed E-state index contributed by atoms with van der Waals surface area (Å²) in [4.78, 5) is 0. The second-order valence-corrected chi connectivity index (χ2v) is 4.12. The Bertz CT molecular complexity index is 254. The van der Waals surface area contributed by atoms with Crippen molar-refractivity contribution in [3.05, 3.63) is 12.3 Å². The lowest BCUT2D eigenvalue weighted by atomic mass is 10.1. The molecule has 1 atom stereocenters. The van der Waals surface area contributed by atoms with Crippen LogP contribution in [0.5, 0.6) is 0 Å². The molecular weight excluding hydrogens is 176 g/mol. The number of nitrogens with one attached hydrogen (secondary N) is 1. The first kappa shape index (κ1) is 9.56. The van der Waals surface area contributed by atoms with Gasteiger partial charge in [-0.05, 0) is 25.2 Å². The fourth-order valence-electron chi connectivity index (χ4n) is 1.83. The predicted octanol–water partition coefficient (Wildman–Crippen LogP) is 3.06. The molecule has 3 heteroatoms. The fraction of sp³-hybridized carbons (Fsp3) is 0.727. The van der Waals surface area contributed by atoms with E-state index in [1.54, 1.807) is 6.26 Å². The first-order chi connectivity index (χ1) is 6.90. The molecule has 0 bridgehead atoms. The van der Waals surface area contributed by atoms with Crippen molar-refractivity contribution in [3.63, 3.8) is 0 Å². The van der Waals surface area contributed by atoms with Crippen LogP contribution in [0.1, 0.15) is 39.0 Å². The zero-order chi connectivity index (χ0) is 9.80. The normalized spacial score (nSPS) is 18.1. The maximum absolute atomic E-state index is 4.81. The summed E-state index contributed by atoms with van der Waals surface area (Å²) in [5, 5.41) is 7.34. The maximum atomic E-state index is 4.81. The van der Waals surface area contributed by atoms with Gasteiger partial charge in [0, 0.05) is 12.1 Å². The van der Waals surface area contributed by atoms with Gasteiger partial charge in [-0.3, -0.25) is 0 Å². The van der Waals surface area contributed by atoms with E-state index in [0.29, 0.717) is 6.04 Å². The summed E-state index contributed by atoms with van der Waals surface area (Å²) < 4.78 is 4.81. The molecule has 1 aliphatic rings. The number of hydrogen-bond acceptors (Lipinski definition) is 3. The SMILES string of the molecule is CCCCC(Nc1ccon1)C1CC1. The molecule has 0 amide bonds. The van der Waals surface area contributed by atoms with Gasteiger partial charge in [-0.15, -0.1) is 0 Å². The van der Waals surface area contributed by atoms with Gasteiger partial charge in [0.05, 0.1) is 0 Å². The Kier molecular flexibility index (Phi) is 3.07. The lowest BCUT2D eigenvalue weighted by molar-refractivity contribution is 0.420. The zero-order valence-corrected chi connectivity index (χ0v) is 8.70. The number of anilines is 1. The summed E-state index contributed by atoms with van der Waals surface area (Å²) in [6, 6.07) is 2.50. The van der Waals surface area contributed by atoms with E-state index in [-0.39, 0.29) is 0 Å². The number of rotatable bonds is 6. The first-order valence-electron chi connectivity index (χ1n) is 5.57. The highest BCUT2D eigenvalue weighted by atomic mass is 16.5. The Labute approximate surface area is 84.9 Å². The van der Waals surface area contributed by atoms with Crippen LogP contribution < -0.4 is 5.32 Å². The largest absolute Gasteiger partial charge is 0.364 e. The molecule has 0 aliphatic heterocycles. The Balaban J connectivity index is 1.84. The summed E-state index contributed by atoms with van der Waals surface area (Å²) in [5.74, 6) is 1.76. The number of nitrogens with zero attached hydrogens (tertiary/aromatic N) is 1. The van der Waals surface area contributed by atoms with Crippen LogP contribution in [0, 0.1) is 5.92 Å². The van der Waals surface area contributed by atoms with Crippen molar-refractivity contribution in [2.75, 3.05) is 5.32 Å². The van der Waals surface area contributed by atoms with Crippen LogP contribution in [0.2, 0.25) is 0 Å². The zero-order valence-electron chi connectivity index (χ0n) is 8.70. The highest BCUT2D eigenvalue weighted by Crippen LogP contribution is 2.36. The van der Waals surface area contributed by atoms with Gasteiger partial charge in [-0.1, -0.05) is 24.9 Å². The van der Waals surface area contributed by atoms with Crippen LogP contribution in [-0.4, -0.2) is 11.2 Å². The monoisotopic (exact) mass is 194 g/mol. The van der Waals surface area contributed by atoms with E-state index in [4.69, 9.17) is 4.52 Å². The van der Waals surface area contributed by atoms with Crippen LogP contribution in [0.4, 0.5) is 5.82 Å². The lowest BCUT2D eigenvalue weighted by Gasteiger charge is -2.16. The van der Waals surface area contributed by atoms with Crippen LogP contribution >= 0.6 is 0 Å². The number of aromatic nitrogens is 1. The Hall–Kier alpha value is -0.990. The van der Waals surface area contributed by atoms with Gasteiger partial charge in [0.15, 0.2) is 5.82 Å². The topological polar surface area (TPSA) is 38.1 Å². The quantitative estimate of drug-likeness (QED) is 0.756. The third kappa shape index (κ3) is 2.50. The Morgan fingerprint density at radius 3 is 3.07 bits per heavy atom. The van der Waals surface area contributed by atoms with Crippen molar-refractivity contribution in [1.29, 1.82) is 0 Å². The molecule has 14 heavy (non-hydrogen) atoms. The standard InChI is InChI=1S/C11H18N2O/c1-2-3-4-10(9-5-6-9)12-11-7-8-14-13-11/h7-10H,2-6H2,1H3,(H,12,13). The molecule has 1 aliphatic carbocycles. The average molecular weight is 194 g/mol. The van der Waals surface area contributed by atoms with Crippen molar-refractivity contribution >= 4 is 5.82 Å². The van der Waals surface area contributed by atoms with Crippen LogP contribution in [0.15, 0.2) is 16.9 Å². The molecule has 0 spiro atoms. The van der Waals surface area contributed by atoms with Gasteiger partial charge in [-0.25, -0.2) is 0 Å². The summed E-state index contributed by atoms with van der Waals surface area (Å²) in [6.07, 6.45) is 8.19. The van der Waals surface area contributed by atoms with Crippen molar-refractivity contribution < 1.29 is 4.52 Å². The molecule has 1 heterocycles. The molecule has 1 aromatic heterocycles. The highest BCUT2D eigenvalue weighted by molar-refractivity contribution is 5.32. The number of hydrogen-bond donors (Lipinski definition) is 1. The highest BCUT2D eigenvalue weighted by Gasteiger charge is 2.30. The van der Waals surface area contributed by atoms with Crippen LogP contribution in [-0.2, 0) is 0 Å². The first-order valence-corrected chi connectivity index (χ1v) is 5.57. The lowest BCUT2D eigenvalue weighted by Crippen LogP contribution is -2.21. The summed E-state index contributed by atoms with van der Waals surface area (Å²) in [7, 11) is 0. The summed E-state index contributed by atoms with van der Waals surface area (Å²) in [6.45, 7) is 2.24. The Morgan fingerprint density at radius 1 is 1.64 bits per heavy atom. The van der Waals surface area contributed by atoms with Crippen molar-refractivity contribution in [1.82, 2.24) is 5.16 Å². The minimum Gasteiger partial charge on any atom is -0.364 e. The average Bonchev–Trinajstić information content (AvgIpc) is 2.92. The van der Waals surface area contributed by atoms with E-state index in [2.05, 4.69) is 17.4 Å². The summed E-state index contributed by atoms with van der Waals surface area (Å²) >= 11 is 0. The van der Waals surface area contributed by atoms with E-state index in [9.17, 15) is 0 Å². The second kappa shape index (κ2) is 4.49. The van der Waals surface area contributed by atoms with E-state index in [1.165, 1.54) is 32.1 Å². The molecule has 3 nitrogen and oxygen atoms in total.